The summed E-state index contributed by atoms with van der Waals surface area (Å²) in [6, 6.07) is 8.11. The maximum atomic E-state index is 12.6. The molecule has 0 aliphatic carbocycles. The van der Waals surface area contributed by atoms with Gasteiger partial charge in [0, 0.05) is 33.9 Å². The van der Waals surface area contributed by atoms with Crippen LogP contribution in [0.3, 0.4) is 0 Å². The van der Waals surface area contributed by atoms with Crippen LogP contribution in [-0.2, 0) is 0 Å². The van der Waals surface area contributed by atoms with Crippen LogP contribution in [0, 0.1) is 0 Å². The van der Waals surface area contributed by atoms with Gasteiger partial charge < -0.3 is 4.90 Å². The minimum absolute atomic E-state index is 0.158. The first-order valence-electron chi connectivity index (χ1n) is 6.59. The number of alkyl halides is 1. The van der Waals surface area contributed by atoms with E-state index >= 15 is 0 Å². The van der Waals surface area contributed by atoms with Gasteiger partial charge in [0.15, 0.2) is 0 Å². The Kier molecular flexibility index (Phi) is 5.40. The third-order valence-electron chi connectivity index (χ3n) is 3.13. The second-order valence-corrected chi connectivity index (χ2v) is 6.18. The monoisotopic (exact) mass is 339 g/mol. The Morgan fingerprint density at radius 2 is 2.11 bits per heavy atom. The van der Waals surface area contributed by atoms with E-state index in [4.69, 9.17) is 0 Å². The topological polar surface area (TPSA) is 20.3 Å². The number of halogens is 1. The van der Waals surface area contributed by atoms with Crippen molar-refractivity contribution in [3.8, 4) is 0 Å². The summed E-state index contributed by atoms with van der Waals surface area (Å²) in [5, 5.41) is 3.89. The number of benzene rings is 1. The van der Waals surface area contributed by atoms with Gasteiger partial charge in [0.2, 0.25) is 0 Å². The summed E-state index contributed by atoms with van der Waals surface area (Å²) >= 11 is 5.07. The van der Waals surface area contributed by atoms with Crippen molar-refractivity contribution in [2.45, 2.75) is 19.8 Å². The molecule has 0 fully saturated rings. The molecule has 0 saturated heterocycles. The lowest BCUT2D eigenvalue weighted by Gasteiger charge is -2.21. The van der Waals surface area contributed by atoms with E-state index in [1.54, 1.807) is 11.3 Å². The van der Waals surface area contributed by atoms with Crippen molar-refractivity contribution in [3.05, 3.63) is 35.2 Å². The van der Waals surface area contributed by atoms with Crippen LogP contribution in [0.1, 0.15) is 30.1 Å². The first-order chi connectivity index (χ1) is 9.27. The molecule has 0 aliphatic heterocycles. The van der Waals surface area contributed by atoms with Gasteiger partial charge in [-0.05, 0) is 12.5 Å². The Hall–Kier alpha value is -0.870. The molecule has 0 radical (unpaired) electrons. The Morgan fingerprint density at radius 3 is 2.84 bits per heavy atom. The third-order valence-corrected chi connectivity index (χ3v) is 4.45. The maximum Gasteiger partial charge on any atom is 0.255 e. The summed E-state index contributed by atoms with van der Waals surface area (Å²) in [6.45, 7) is 3.75. The highest BCUT2D eigenvalue weighted by molar-refractivity contribution is 9.09. The number of carbonyl (C=O) groups is 1. The fourth-order valence-electron chi connectivity index (χ4n) is 2.08. The van der Waals surface area contributed by atoms with Crippen molar-refractivity contribution in [1.82, 2.24) is 4.90 Å². The minimum Gasteiger partial charge on any atom is -0.338 e. The molecule has 2 nitrogen and oxygen atoms in total. The van der Waals surface area contributed by atoms with Gasteiger partial charge in [-0.15, -0.1) is 11.3 Å². The van der Waals surface area contributed by atoms with E-state index in [9.17, 15) is 4.79 Å². The molecule has 4 heteroatoms. The van der Waals surface area contributed by atoms with E-state index in [1.165, 1.54) is 4.70 Å². The Balaban J connectivity index is 2.25. The summed E-state index contributed by atoms with van der Waals surface area (Å²) in [4.78, 5) is 14.6. The standard InChI is InChI=1S/C15H18BrNOS/c1-2-3-9-17(10-8-16)15(18)13-11-19-14-7-5-4-6-12(13)14/h4-7,11H,2-3,8-10H2,1H3. The van der Waals surface area contributed by atoms with Crippen LogP contribution in [0.5, 0.6) is 0 Å². The van der Waals surface area contributed by atoms with Crippen LogP contribution in [0.2, 0.25) is 0 Å². The summed E-state index contributed by atoms with van der Waals surface area (Å²) in [5.41, 5.74) is 0.845. The molecule has 1 heterocycles. The summed E-state index contributed by atoms with van der Waals surface area (Å²) < 4.78 is 1.18. The van der Waals surface area contributed by atoms with Gasteiger partial charge in [0.1, 0.15) is 0 Å². The van der Waals surface area contributed by atoms with Crippen molar-refractivity contribution < 1.29 is 4.79 Å². The van der Waals surface area contributed by atoms with Crippen LogP contribution in [0.15, 0.2) is 29.6 Å². The van der Waals surface area contributed by atoms with Crippen LogP contribution in [0.25, 0.3) is 10.1 Å². The number of hydrogen-bond donors (Lipinski definition) is 0. The van der Waals surface area contributed by atoms with Crippen LogP contribution in [0.4, 0.5) is 0 Å². The molecule has 0 bridgehead atoms. The molecule has 2 rings (SSSR count). The minimum atomic E-state index is 0.158. The lowest BCUT2D eigenvalue weighted by molar-refractivity contribution is 0.0767. The number of hydrogen-bond acceptors (Lipinski definition) is 2. The van der Waals surface area contributed by atoms with Gasteiger partial charge >= 0.3 is 0 Å². The number of fused-ring (bicyclic) bond motifs is 1. The zero-order chi connectivity index (χ0) is 13.7. The molecule has 2 aromatic rings. The summed E-state index contributed by atoms with van der Waals surface area (Å²) in [6.07, 6.45) is 2.16. The molecular formula is C15H18BrNOS. The number of rotatable bonds is 6. The van der Waals surface area contributed by atoms with Gasteiger partial charge in [0.25, 0.3) is 5.91 Å². The number of thiophene rings is 1. The Labute approximate surface area is 126 Å². The lowest BCUT2D eigenvalue weighted by atomic mass is 10.1. The summed E-state index contributed by atoms with van der Waals surface area (Å²) in [7, 11) is 0. The maximum absolute atomic E-state index is 12.6. The predicted octanol–water partition coefficient (Wildman–Crippen LogP) is 4.54. The predicted molar refractivity (Wildman–Crippen MR) is 86.4 cm³/mol. The van der Waals surface area contributed by atoms with Crippen LogP contribution >= 0.6 is 27.3 Å². The number of unbranched alkanes of at least 4 members (excludes halogenated alkanes) is 1. The van der Waals surface area contributed by atoms with Crippen molar-refractivity contribution >= 4 is 43.3 Å². The molecule has 0 unspecified atom stereocenters. The molecule has 0 N–H and O–H groups in total. The fraction of sp³-hybridized carbons (Fsp3) is 0.400. The largest absolute Gasteiger partial charge is 0.338 e. The van der Waals surface area contributed by atoms with Crippen LogP contribution < -0.4 is 0 Å². The zero-order valence-electron chi connectivity index (χ0n) is 11.1. The first-order valence-corrected chi connectivity index (χ1v) is 8.59. The second-order valence-electron chi connectivity index (χ2n) is 4.48. The molecule has 19 heavy (non-hydrogen) atoms. The normalized spacial score (nSPS) is 10.8. The Morgan fingerprint density at radius 1 is 1.32 bits per heavy atom. The molecular weight excluding hydrogens is 322 g/mol. The highest BCUT2D eigenvalue weighted by Crippen LogP contribution is 2.26. The van der Waals surface area contributed by atoms with Crippen molar-refractivity contribution in [3.63, 3.8) is 0 Å². The number of nitrogens with zero attached hydrogens (tertiary/aromatic N) is 1. The quantitative estimate of drug-likeness (QED) is 0.707. The second kappa shape index (κ2) is 7.06. The molecule has 0 spiro atoms. The van der Waals surface area contributed by atoms with E-state index in [0.29, 0.717) is 0 Å². The van der Waals surface area contributed by atoms with Gasteiger partial charge in [-0.2, -0.15) is 0 Å². The molecule has 1 aromatic heterocycles. The molecule has 0 atom stereocenters. The molecule has 1 amide bonds. The fourth-order valence-corrected chi connectivity index (χ4v) is 3.44. The molecule has 102 valence electrons. The Bertz CT molecular complexity index is 552. The summed E-state index contributed by atoms with van der Waals surface area (Å²) in [5.74, 6) is 0.158. The van der Waals surface area contributed by atoms with Gasteiger partial charge in [-0.3, -0.25) is 4.79 Å². The smallest absolute Gasteiger partial charge is 0.255 e. The SMILES string of the molecule is CCCCN(CCBr)C(=O)c1csc2ccccc12. The highest BCUT2D eigenvalue weighted by Gasteiger charge is 2.18. The van der Waals surface area contributed by atoms with E-state index in [0.717, 1.165) is 42.2 Å². The van der Waals surface area contributed by atoms with Gasteiger partial charge in [0.05, 0.1) is 5.56 Å². The number of carbonyl (C=O) groups excluding carboxylic acids is 1. The van der Waals surface area contributed by atoms with Crippen molar-refractivity contribution in [2.75, 3.05) is 18.4 Å². The van der Waals surface area contributed by atoms with E-state index in [-0.39, 0.29) is 5.91 Å². The first kappa shape index (κ1) is 14.5. The zero-order valence-corrected chi connectivity index (χ0v) is 13.5. The van der Waals surface area contributed by atoms with E-state index in [2.05, 4.69) is 28.9 Å². The lowest BCUT2D eigenvalue weighted by Crippen LogP contribution is -2.33. The highest BCUT2D eigenvalue weighted by atomic mass is 79.9. The van der Waals surface area contributed by atoms with Gasteiger partial charge in [-0.1, -0.05) is 47.5 Å². The third kappa shape index (κ3) is 3.37. The van der Waals surface area contributed by atoms with Crippen molar-refractivity contribution in [1.29, 1.82) is 0 Å². The average Bonchev–Trinajstić information content (AvgIpc) is 2.86. The van der Waals surface area contributed by atoms with Crippen molar-refractivity contribution in [2.24, 2.45) is 0 Å². The van der Waals surface area contributed by atoms with Crippen LogP contribution in [-0.4, -0.2) is 29.2 Å². The molecule has 0 saturated carbocycles. The van der Waals surface area contributed by atoms with E-state index in [1.807, 2.05) is 28.5 Å². The molecule has 0 aliphatic rings. The van der Waals surface area contributed by atoms with E-state index < -0.39 is 0 Å². The average molecular weight is 340 g/mol. The van der Waals surface area contributed by atoms with Gasteiger partial charge in [-0.25, -0.2) is 0 Å². The molecule has 1 aromatic carbocycles. The number of amides is 1.